The average Bonchev–Trinajstić information content (AvgIpc) is 2.79. The predicted octanol–water partition coefficient (Wildman–Crippen LogP) is -0.995. The second-order valence-electron chi connectivity index (χ2n) is 2.76. The molecule has 1 aromatic heterocycles. The molecule has 1 aliphatic heterocycles. The molecule has 5 heteroatoms. The fourth-order valence-corrected chi connectivity index (χ4v) is 1.02. The van der Waals surface area contributed by atoms with Gasteiger partial charge in [0.05, 0.1) is 12.7 Å². The van der Waals surface area contributed by atoms with Crippen molar-refractivity contribution < 1.29 is 4.74 Å². The van der Waals surface area contributed by atoms with Crippen molar-refractivity contribution in [2.45, 2.75) is 12.5 Å². The van der Waals surface area contributed by atoms with Crippen LogP contribution < -0.4 is 11.2 Å². The molecule has 1 atom stereocenters. The molecule has 2 heterocycles. The Kier molecular flexibility index (Phi) is 1.58. The average molecular weight is 168 g/mol. The number of epoxide rings is 1. The summed E-state index contributed by atoms with van der Waals surface area (Å²) in [6.45, 7) is 0.707. The van der Waals surface area contributed by atoms with Crippen molar-refractivity contribution >= 4 is 0 Å². The highest BCUT2D eigenvalue weighted by atomic mass is 16.6. The molecule has 1 unspecified atom stereocenters. The first-order valence-electron chi connectivity index (χ1n) is 3.68. The first kappa shape index (κ1) is 7.30. The topological polar surface area (TPSA) is 78.2 Å². The van der Waals surface area contributed by atoms with E-state index in [2.05, 4.69) is 9.97 Å². The first-order chi connectivity index (χ1) is 5.75. The van der Waals surface area contributed by atoms with E-state index in [-0.39, 0.29) is 11.7 Å². The zero-order valence-electron chi connectivity index (χ0n) is 6.29. The molecule has 12 heavy (non-hydrogen) atoms. The van der Waals surface area contributed by atoms with E-state index in [9.17, 15) is 9.59 Å². The highest BCUT2D eigenvalue weighted by molar-refractivity contribution is 5.06. The number of H-pyrrole nitrogens is 2. The molecule has 0 saturated carbocycles. The Morgan fingerprint density at radius 1 is 1.58 bits per heavy atom. The number of nitrogens with one attached hydrogen (secondary N) is 2. The lowest BCUT2D eigenvalue weighted by Crippen LogP contribution is -2.25. The van der Waals surface area contributed by atoms with Gasteiger partial charge in [-0.25, -0.2) is 4.79 Å². The number of ether oxygens (including phenoxy) is 1. The van der Waals surface area contributed by atoms with Crippen LogP contribution in [0, 0.1) is 0 Å². The summed E-state index contributed by atoms with van der Waals surface area (Å²) in [5.74, 6) is 0. The van der Waals surface area contributed by atoms with Crippen LogP contribution in [-0.2, 0) is 11.2 Å². The molecule has 5 nitrogen and oxygen atoms in total. The minimum atomic E-state index is -0.472. The largest absolute Gasteiger partial charge is 0.373 e. The van der Waals surface area contributed by atoms with Crippen LogP contribution in [-0.4, -0.2) is 22.7 Å². The third-order valence-electron chi connectivity index (χ3n) is 1.75. The Hall–Kier alpha value is -1.36. The second-order valence-corrected chi connectivity index (χ2v) is 2.76. The van der Waals surface area contributed by atoms with Gasteiger partial charge in [0.15, 0.2) is 0 Å². The van der Waals surface area contributed by atoms with E-state index in [1.807, 2.05) is 0 Å². The Morgan fingerprint density at radius 3 is 2.92 bits per heavy atom. The van der Waals surface area contributed by atoms with Crippen molar-refractivity contribution in [2.24, 2.45) is 0 Å². The third kappa shape index (κ3) is 1.45. The van der Waals surface area contributed by atoms with Crippen LogP contribution in [0.2, 0.25) is 0 Å². The van der Waals surface area contributed by atoms with Crippen molar-refractivity contribution in [1.82, 2.24) is 9.97 Å². The van der Waals surface area contributed by atoms with Crippen molar-refractivity contribution in [2.75, 3.05) is 6.61 Å². The summed E-state index contributed by atoms with van der Waals surface area (Å²) < 4.78 is 4.95. The van der Waals surface area contributed by atoms with Gasteiger partial charge >= 0.3 is 5.69 Å². The molecule has 64 valence electrons. The van der Waals surface area contributed by atoms with E-state index in [0.29, 0.717) is 18.6 Å². The highest BCUT2D eigenvalue weighted by Gasteiger charge is 2.23. The van der Waals surface area contributed by atoms with Crippen molar-refractivity contribution in [1.29, 1.82) is 0 Å². The van der Waals surface area contributed by atoms with Gasteiger partial charge in [0.1, 0.15) is 0 Å². The molecule has 0 bridgehead atoms. The van der Waals surface area contributed by atoms with Crippen molar-refractivity contribution in [3.8, 4) is 0 Å². The number of aromatic amines is 2. The summed E-state index contributed by atoms with van der Waals surface area (Å²) >= 11 is 0. The SMILES string of the molecule is O=c1[nH]cc(CC2CO2)c(=O)[nH]1. The summed E-state index contributed by atoms with van der Waals surface area (Å²) in [5, 5.41) is 0. The monoisotopic (exact) mass is 168 g/mol. The molecule has 1 fully saturated rings. The number of aromatic nitrogens is 2. The zero-order chi connectivity index (χ0) is 8.55. The maximum atomic E-state index is 11.1. The van der Waals surface area contributed by atoms with Crippen LogP contribution in [0.4, 0.5) is 0 Å². The van der Waals surface area contributed by atoms with E-state index < -0.39 is 5.69 Å². The Morgan fingerprint density at radius 2 is 2.33 bits per heavy atom. The number of hydrogen-bond donors (Lipinski definition) is 2. The molecule has 1 saturated heterocycles. The van der Waals surface area contributed by atoms with Crippen molar-refractivity contribution in [3.63, 3.8) is 0 Å². The Labute approximate surface area is 67.4 Å². The van der Waals surface area contributed by atoms with Gasteiger partial charge in [0.25, 0.3) is 5.56 Å². The van der Waals surface area contributed by atoms with Gasteiger partial charge in [-0.15, -0.1) is 0 Å². The molecule has 0 spiro atoms. The lowest BCUT2D eigenvalue weighted by atomic mass is 10.2. The van der Waals surface area contributed by atoms with Crippen molar-refractivity contribution in [3.05, 3.63) is 32.6 Å². The molecule has 1 aliphatic rings. The van der Waals surface area contributed by atoms with Crippen LogP contribution in [0.25, 0.3) is 0 Å². The van der Waals surface area contributed by atoms with Gasteiger partial charge in [-0.3, -0.25) is 9.78 Å². The van der Waals surface area contributed by atoms with Gasteiger partial charge in [-0.2, -0.15) is 0 Å². The summed E-state index contributed by atoms with van der Waals surface area (Å²) in [7, 11) is 0. The Balaban J connectivity index is 2.30. The number of rotatable bonds is 2. The van der Waals surface area contributed by atoms with Crippen LogP contribution in [0.3, 0.4) is 0 Å². The molecule has 0 aliphatic carbocycles. The Bertz CT molecular complexity index is 388. The van der Waals surface area contributed by atoms with Crippen LogP contribution in [0.5, 0.6) is 0 Å². The third-order valence-corrected chi connectivity index (χ3v) is 1.75. The molecule has 0 amide bonds. The molecule has 0 aromatic carbocycles. The fourth-order valence-electron chi connectivity index (χ4n) is 1.02. The van der Waals surface area contributed by atoms with Gasteiger partial charge in [0, 0.05) is 18.2 Å². The maximum absolute atomic E-state index is 11.1. The smallest absolute Gasteiger partial charge is 0.325 e. The quantitative estimate of drug-likeness (QED) is 0.556. The molecule has 2 N–H and O–H groups in total. The molecule has 1 aromatic rings. The minimum Gasteiger partial charge on any atom is -0.373 e. The fraction of sp³-hybridized carbons (Fsp3) is 0.429. The van der Waals surface area contributed by atoms with E-state index in [0.717, 1.165) is 0 Å². The van der Waals surface area contributed by atoms with Crippen LogP contribution >= 0.6 is 0 Å². The normalized spacial score (nSPS) is 20.8. The predicted molar refractivity (Wildman–Crippen MR) is 41.1 cm³/mol. The summed E-state index contributed by atoms with van der Waals surface area (Å²) in [5.41, 5.74) is -0.230. The van der Waals surface area contributed by atoms with E-state index in [1.165, 1.54) is 6.20 Å². The van der Waals surface area contributed by atoms with E-state index >= 15 is 0 Å². The highest BCUT2D eigenvalue weighted by Crippen LogP contribution is 2.12. The van der Waals surface area contributed by atoms with E-state index in [1.54, 1.807) is 0 Å². The number of hydrogen-bond acceptors (Lipinski definition) is 3. The summed E-state index contributed by atoms with van der Waals surface area (Å²) in [4.78, 5) is 26.2. The molecule has 0 radical (unpaired) electrons. The lowest BCUT2D eigenvalue weighted by Gasteiger charge is -1.93. The van der Waals surface area contributed by atoms with Gasteiger partial charge < -0.3 is 9.72 Å². The zero-order valence-corrected chi connectivity index (χ0v) is 6.29. The minimum absolute atomic E-state index is 0.164. The molecular formula is C7H8N2O3. The first-order valence-corrected chi connectivity index (χ1v) is 3.68. The summed E-state index contributed by atoms with van der Waals surface area (Å²) in [6, 6.07) is 0. The molecular weight excluding hydrogens is 160 g/mol. The van der Waals surface area contributed by atoms with Gasteiger partial charge in [0.2, 0.25) is 0 Å². The van der Waals surface area contributed by atoms with E-state index in [4.69, 9.17) is 4.74 Å². The van der Waals surface area contributed by atoms with Crippen LogP contribution in [0.15, 0.2) is 15.8 Å². The summed E-state index contributed by atoms with van der Waals surface area (Å²) in [6.07, 6.45) is 2.17. The van der Waals surface area contributed by atoms with Gasteiger partial charge in [-0.05, 0) is 0 Å². The molecule has 2 rings (SSSR count). The maximum Gasteiger partial charge on any atom is 0.325 e. The van der Waals surface area contributed by atoms with Crippen LogP contribution in [0.1, 0.15) is 5.56 Å². The van der Waals surface area contributed by atoms with Gasteiger partial charge in [-0.1, -0.05) is 0 Å². The lowest BCUT2D eigenvalue weighted by molar-refractivity contribution is 0.407. The second kappa shape index (κ2) is 2.60. The standard InChI is InChI=1S/C7H8N2O3/c10-6-4(1-5-3-12-5)2-8-7(11)9-6/h2,5H,1,3H2,(H2,8,9,10,11).